The first kappa shape index (κ1) is 17.0. The van der Waals surface area contributed by atoms with Crippen LogP contribution in [-0.4, -0.2) is 15.2 Å². The Bertz CT molecular complexity index is 671. The topological polar surface area (TPSA) is 79.8 Å². The molecule has 1 aromatic rings. The highest BCUT2D eigenvalue weighted by Crippen LogP contribution is 2.22. The van der Waals surface area contributed by atoms with Crippen LogP contribution in [0.3, 0.4) is 0 Å². The smallest absolute Gasteiger partial charge is 0.332 e. The predicted octanol–water partition coefficient (Wildman–Crippen LogP) is 1.58. The summed E-state index contributed by atoms with van der Waals surface area (Å²) in [5, 5.41) is 12.3. The van der Waals surface area contributed by atoms with E-state index in [1.54, 1.807) is 7.05 Å². The molecule has 1 heterocycles. The molecule has 0 radical (unpaired) electrons. The molecule has 0 aromatic carbocycles. The quantitative estimate of drug-likeness (QED) is 0.913. The van der Waals surface area contributed by atoms with Crippen LogP contribution in [-0.2, 0) is 14.1 Å². The molecule has 1 atom stereocenters. The van der Waals surface area contributed by atoms with Crippen LogP contribution in [0.15, 0.2) is 9.59 Å². The highest BCUT2D eigenvalue weighted by molar-refractivity contribution is 5.51. The summed E-state index contributed by atoms with van der Waals surface area (Å²) in [6.45, 7) is 8.46. The Morgan fingerprint density at radius 3 is 2.29 bits per heavy atom. The number of anilines is 1. The van der Waals surface area contributed by atoms with Gasteiger partial charge in [0, 0.05) is 20.1 Å². The molecule has 1 rings (SSSR count). The first-order valence-corrected chi connectivity index (χ1v) is 7.05. The molecule has 0 spiro atoms. The molecule has 6 heteroatoms. The molecule has 6 nitrogen and oxygen atoms in total. The summed E-state index contributed by atoms with van der Waals surface area (Å²) < 4.78 is 2.26. The van der Waals surface area contributed by atoms with Crippen LogP contribution in [0, 0.1) is 16.7 Å². The Kier molecular flexibility index (Phi) is 5.00. The molecule has 0 aliphatic heterocycles. The number of rotatable bonds is 4. The van der Waals surface area contributed by atoms with E-state index in [-0.39, 0.29) is 17.0 Å². The molecule has 116 valence electrons. The van der Waals surface area contributed by atoms with Crippen LogP contribution in [0.5, 0.6) is 0 Å². The highest BCUT2D eigenvalue weighted by Gasteiger charge is 2.18. The van der Waals surface area contributed by atoms with Crippen molar-refractivity contribution in [3.05, 3.63) is 26.4 Å². The van der Waals surface area contributed by atoms with Crippen LogP contribution in [0.1, 0.15) is 46.1 Å². The van der Waals surface area contributed by atoms with E-state index in [1.165, 1.54) is 11.6 Å². The summed E-state index contributed by atoms with van der Waals surface area (Å²) in [6, 6.07) is 1.96. The minimum absolute atomic E-state index is 0.0257. The Labute approximate surface area is 125 Å². The maximum Gasteiger partial charge on any atom is 0.332 e. The monoisotopic (exact) mass is 292 g/mol. The van der Waals surface area contributed by atoms with E-state index in [2.05, 4.69) is 26.1 Å². The summed E-state index contributed by atoms with van der Waals surface area (Å²) in [7, 11) is 2.93. The van der Waals surface area contributed by atoms with Gasteiger partial charge in [0.15, 0.2) is 5.56 Å². The average Bonchev–Trinajstić information content (AvgIpc) is 2.40. The van der Waals surface area contributed by atoms with Gasteiger partial charge >= 0.3 is 5.69 Å². The Morgan fingerprint density at radius 1 is 1.24 bits per heavy atom. The SMILES string of the molecule is CC(CCC(C)(C)C)Nc1c(C#N)c(=O)n(C)c(=O)n1C. The van der Waals surface area contributed by atoms with E-state index in [1.807, 2.05) is 13.0 Å². The van der Waals surface area contributed by atoms with Gasteiger partial charge in [-0.15, -0.1) is 0 Å². The van der Waals surface area contributed by atoms with Gasteiger partial charge in [-0.05, 0) is 25.2 Å². The fourth-order valence-corrected chi connectivity index (χ4v) is 2.07. The van der Waals surface area contributed by atoms with Crippen molar-refractivity contribution in [2.75, 3.05) is 5.32 Å². The summed E-state index contributed by atoms with van der Waals surface area (Å²) >= 11 is 0. The number of nitrogens with one attached hydrogen (secondary N) is 1. The number of hydrogen-bond acceptors (Lipinski definition) is 4. The molecule has 0 saturated carbocycles. The van der Waals surface area contributed by atoms with E-state index >= 15 is 0 Å². The van der Waals surface area contributed by atoms with Gasteiger partial charge < -0.3 is 5.32 Å². The maximum absolute atomic E-state index is 12.0. The van der Waals surface area contributed by atoms with Crippen LogP contribution < -0.4 is 16.6 Å². The molecular weight excluding hydrogens is 268 g/mol. The lowest BCUT2D eigenvalue weighted by atomic mass is 9.89. The van der Waals surface area contributed by atoms with Gasteiger partial charge in [-0.25, -0.2) is 4.79 Å². The molecule has 21 heavy (non-hydrogen) atoms. The third-order valence-corrected chi connectivity index (χ3v) is 3.49. The van der Waals surface area contributed by atoms with Crippen LogP contribution in [0.25, 0.3) is 0 Å². The van der Waals surface area contributed by atoms with Crippen molar-refractivity contribution in [1.29, 1.82) is 5.26 Å². The van der Waals surface area contributed by atoms with E-state index < -0.39 is 11.2 Å². The standard InChI is InChI=1S/C15H24N4O2/c1-10(7-8-15(2,3)4)17-12-11(9-16)13(20)19(6)14(21)18(12)5/h10,17H,7-8H2,1-6H3. The molecule has 1 unspecified atom stereocenters. The van der Waals surface area contributed by atoms with Crippen molar-refractivity contribution in [3.63, 3.8) is 0 Å². The molecule has 0 aliphatic carbocycles. The number of nitrogens with zero attached hydrogens (tertiary/aromatic N) is 3. The minimum Gasteiger partial charge on any atom is -0.368 e. The molecule has 1 aromatic heterocycles. The highest BCUT2D eigenvalue weighted by atomic mass is 16.2. The second-order valence-corrected chi connectivity index (χ2v) is 6.69. The maximum atomic E-state index is 12.0. The van der Waals surface area contributed by atoms with E-state index in [4.69, 9.17) is 0 Å². The second-order valence-electron chi connectivity index (χ2n) is 6.69. The fourth-order valence-electron chi connectivity index (χ4n) is 2.07. The largest absolute Gasteiger partial charge is 0.368 e. The Morgan fingerprint density at radius 2 is 1.81 bits per heavy atom. The van der Waals surface area contributed by atoms with Gasteiger partial charge in [-0.1, -0.05) is 20.8 Å². The first-order valence-electron chi connectivity index (χ1n) is 7.05. The fraction of sp³-hybridized carbons (Fsp3) is 0.667. The van der Waals surface area contributed by atoms with Gasteiger partial charge in [0.2, 0.25) is 0 Å². The lowest BCUT2D eigenvalue weighted by Crippen LogP contribution is -2.40. The van der Waals surface area contributed by atoms with Crippen LogP contribution in [0.4, 0.5) is 5.82 Å². The number of nitriles is 1. The number of hydrogen-bond donors (Lipinski definition) is 1. The zero-order valence-electron chi connectivity index (χ0n) is 13.6. The van der Waals surface area contributed by atoms with Crippen molar-refractivity contribution in [2.24, 2.45) is 19.5 Å². The third kappa shape index (κ3) is 3.97. The van der Waals surface area contributed by atoms with E-state index in [0.717, 1.165) is 17.4 Å². The lowest BCUT2D eigenvalue weighted by molar-refractivity contribution is 0.356. The molecule has 1 N–H and O–H groups in total. The summed E-state index contributed by atoms with van der Waals surface area (Å²) in [4.78, 5) is 23.9. The molecule has 0 fully saturated rings. The van der Waals surface area contributed by atoms with Crippen molar-refractivity contribution in [2.45, 2.75) is 46.6 Å². The third-order valence-electron chi connectivity index (χ3n) is 3.49. The van der Waals surface area contributed by atoms with Crippen LogP contribution in [0.2, 0.25) is 0 Å². The van der Waals surface area contributed by atoms with E-state index in [9.17, 15) is 14.9 Å². The average molecular weight is 292 g/mol. The van der Waals surface area contributed by atoms with E-state index in [0.29, 0.717) is 5.82 Å². The van der Waals surface area contributed by atoms with Gasteiger partial charge in [0.25, 0.3) is 5.56 Å². The summed E-state index contributed by atoms with van der Waals surface area (Å²) in [6.07, 6.45) is 1.89. The first-order chi connectivity index (χ1) is 9.58. The van der Waals surface area contributed by atoms with Crippen molar-refractivity contribution < 1.29 is 0 Å². The normalized spacial score (nSPS) is 12.8. The Balaban J connectivity index is 3.12. The van der Waals surface area contributed by atoms with Crippen LogP contribution >= 0.6 is 0 Å². The Hall–Kier alpha value is -2.03. The summed E-state index contributed by atoms with van der Waals surface area (Å²) in [5.74, 6) is 0.298. The second kappa shape index (κ2) is 6.17. The zero-order valence-corrected chi connectivity index (χ0v) is 13.6. The van der Waals surface area contributed by atoms with Crippen molar-refractivity contribution in [1.82, 2.24) is 9.13 Å². The van der Waals surface area contributed by atoms with Gasteiger partial charge in [0.1, 0.15) is 11.9 Å². The summed E-state index contributed by atoms with van der Waals surface area (Å²) in [5.41, 5.74) is -0.815. The van der Waals surface area contributed by atoms with Gasteiger partial charge in [-0.2, -0.15) is 5.26 Å². The number of aromatic nitrogens is 2. The molecule has 0 aliphatic rings. The minimum atomic E-state index is -0.564. The van der Waals surface area contributed by atoms with Crippen molar-refractivity contribution in [3.8, 4) is 6.07 Å². The molecule has 0 amide bonds. The molecule has 0 bridgehead atoms. The molecular formula is C15H24N4O2. The zero-order chi connectivity index (χ0) is 16.4. The molecule has 0 saturated heterocycles. The predicted molar refractivity (Wildman–Crippen MR) is 83.4 cm³/mol. The lowest BCUT2D eigenvalue weighted by Gasteiger charge is -2.23. The van der Waals surface area contributed by atoms with Crippen molar-refractivity contribution >= 4 is 5.82 Å². The van der Waals surface area contributed by atoms with Gasteiger partial charge in [0.05, 0.1) is 0 Å². The van der Waals surface area contributed by atoms with Gasteiger partial charge in [-0.3, -0.25) is 13.9 Å².